The van der Waals surface area contributed by atoms with Crippen LogP contribution in [0.3, 0.4) is 0 Å². The second-order valence-electron chi connectivity index (χ2n) is 6.04. The van der Waals surface area contributed by atoms with Gasteiger partial charge in [-0.15, -0.1) is 0 Å². The highest BCUT2D eigenvalue weighted by molar-refractivity contribution is 5.93. The molecule has 1 aliphatic heterocycles. The lowest BCUT2D eigenvalue weighted by atomic mass is 10.0. The van der Waals surface area contributed by atoms with Crippen LogP contribution in [-0.2, 0) is 13.1 Å². The predicted octanol–water partition coefficient (Wildman–Crippen LogP) is 2.30. The highest BCUT2D eigenvalue weighted by Crippen LogP contribution is 2.14. The summed E-state index contributed by atoms with van der Waals surface area (Å²) in [5.74, 6) is 0.0934. The highest BCUT2D eigenvalue weighted by atomic mass is 16.2. The number of rotatable bonds is 5. The number of piperidine rings is 1. The van der Waals surface area contributed by atoms with Gasteiger partial charge in [-0.05, 0) is 25.3 Å². The van der Waals surface area contributed by atoms with Crippen LogP contribution in [0.1, 0.15) is 35.7 Å². The summed E-state index contributed by atoms with van der Waals surface area (Å²) in [5, 5.41) is 7.78. The SMILES string of the molecule is CCn1cc(C(=O)N2CCC[C@H](NCc3ccccc3)C2)cn1. The van der Waals surface area contributed by atoms with Gasteiger partial charge in [0.2, 0.25) is 0 Å². The van der Waals surface area contributed by atoms with Crippen LogP contribution in [0.15, 0.2) is 42.7 Å². The Morgan fingerprint density at radius 3 is 2.91 bits per heavy atom. The molecule has 1 aromatic carbocycles. The van der Waals surface area contributed by atoms with Crippen molar-refractivity contribution in [2.24, 2.45) is 0 Å². The molecule has 0 saturated carbocycles. The van der Waals surface area contributed by atoms with Crippen molar-refractivity contribution in [2.45, 2.75) is 38.9 Å². The Labute approximate surface area is 137 Å². The number of nitrogens with zero attached hydrogens (tertiary/aromatic N) is 3. The van der Waals surface area contributed by atoms with Crippen LogP contribution in [0.25, 0.3) is 0 Å². The number of aryl methyl sites for hydroxylation is 1. The summed E-state index contributed by atoms with van der Waals surface area (Å²) in [6.07, 6.45) is 5.67. The van der Waals surface area contributed by atoms with Gasteiger partial charge in [0, 0.05) is 38.4 Å². The Kier molecular flexibility index (Phi) is 5.08. The van der Waals surface area contributed by atoms with Gasteiger partial charge >= 0.3 is 0 Å². The summed E-state index contributed by atoms with van der Waals surface area (Å²) in [6.45, 7) is 5.25. The first-order valence-electron chi connectivity index (χ1n) is 8.35. The minimum absolute atomic E-state index is 0.0934. The van der Waals surface area contributed by atoms with Crippen molar-refractivity contribution in [3.05, 3.63) is 53.9 Å². The fourth-order valence-corrected chi connectivity index (χ4v) is 3.02. The molecule has 0 unspecified atom stereocenters. The van der Waals surface area contributed by atoms with Gasteiger partial charge in [0.1, 0.15) is 0 Å². The lowest BCUT2D eigenvalue weighted by Crippen LogP contribution is -2.47. The van der Waals surface area contributed by atoms with Crippen LogP contribution in [0.4, 0.5) is 0 Å². The maximum atomic E-state index is 12.6. The quantitative estimate of drug-likeness (QED) is 0.921. The zero-order chi connectivity index (χ0) is 16.1. The number of hydrogen-bond acceptors (Lipinski definition) is 3. The standard InChI is InChI=1S/C18H24N4O/c1-2-22-13-16(12-20-22)18(23)21-10-6-9-17(14-21)19-11-15-7-4-3-5-8-15/h3-5,7-8,12-13,17,19H,2,6,9-11,14H2,1H3/t17-/m0/s1. The van der Waals surface area contributed by atoms with E-state index in [9.17, 15) is 4.79 Å². The van der Waals surface area contributed by atoms with Crippen molar-refractivity contribution in [3.63, 3.8) is 0 Å². The average Bonchev–Trinajstić information content (AvgIpc) is 3.10. The maximum Gasteiger partial charge on any atom is 0.257 e. The molecule has 2 aromatic rings. The Hall–Kier alpha value is -2.14. The number of aromatic nitrogens is 2. The number of hydrogen-bond donors (Lipinski definition) is 1. The second-order valence-corrected chi connectivity index (χ2v) is 6.04. The van der Waals surface area contributed by atoms with E-state index in [1.165, 1.54) is 5.56 Å². The van der Waals surface area contributed by atoms with Crippen LogP contribution < -0.4 is 5.32 Å². The molecule has 0 aliphatic carbocycles. The van der Waals surface area contributed by atoms with Crippen LogP contribution in [0.5, 0.6) is 0 Å². The van der Waals surface area contributed by atoms with Gasteiger partial charge < -0.3 is 10.2 Å². The lowest BCUT2D eigenvalue weighted by Gasteiger charge is -2.33. The van der Waals surface area contributed by atoms with E-state index < -0.39 is 0 Å². The maximum absolute atomic E-state index is 12.6. The molecular formula is C18H24N4O. The Bertz CT molecular complexity index is 637. The summed E-state index contributed by atoms with van der Waals surface area (Å²) in [4.78, 5) is 14.5. The number of likely N-dealkylation sites (tertiary alicyclic amines) is 1. The van der Waals surface area contributed by atoms with Crippen LogP contribution in [-0.4, -0.2) is 39.7 Å². The van der Waals surface area contributed by atoms with Crippen molar-refractivity contribution < 1.29 is 4.79 Å². The van der Waals surface area contributed by atoms with E-state index in [0.29, 0.717) is 11.6 Å². The molecule has 1 saturated heterocycles. The largest absolute Gasteiger partial charge is 0.337 e. The van der Waals surface area contributed by atoms with Gasteiger partial charge in [-0.1, -0.05) is 30.3 Å². The number of nitrogens with one attached hydrogen (secondary N) is 1. The fourth-order valence-electron chi connectivity index (χ4n) is 3.02. The Morgan fingerprint density at radius 2 is 2.17 bits per heavy atom. The van der Waals surface area contributed by atoms with Crippen molar-refractivity contribution >= 4 is 5.91 Å². The first-order valence-corrected chi connectivity index (χ1v) is 8.35. The summed E-state index contributed by atoms with van der Waals surface area (Å²) in [6, 6.07) is 10.7. The van der Waals surface area contributed by atoms with Gasteiger partial charge in [0.15, 0.2) is 0 Å². The monoisotopic (exact) mass is 312 g/mol. The van der Waals surface area contributed by atoms with Gasteiger partial charge in [0.05, 0.1) is 11.8 Å². The summed E-state index contributed by atoms with van der Waals surface area (Å²) in [7, 11) is 0. The van der Waals surface area contributed by atoms with Crippen molar-refractivity contribution in [3.8, 4) is 0 Å². The van der Waals surface area contributed by atoms with Gasteiger partial charge in [-0.3, -0.25) is 9.48 Å². The van der Waals surface area contributed by atoms with E-state index in [1.807, 2.05) is 24.1 Å². The minimum Gasteiger partial charge on any atom is -0.337 e. The normalized spacial score (nSPS) is 18.1. The molecule has 5 nitrogen and oxygen atoms in total. The van der Waals surface area contributed by atoms with E-state index in [1.54, 1.807) is 10.9 Å². The zero-order valence-corrected chi connectivity index (χ0v) is 13.6. The molecule has 1 aromatic heterocycles. The molecule has 23 heavy (non-hydrogen) atoms. The molecular weight excluding hydrogens is 288 g/mol. The average molecular weight is 312 g/mol. The number of benzene rings is 1. The molecule has 1 fully saturated rings. The molecule has 1 aliphatic rings. The number of carbonyl (C=O) groups excluding carboxylic acids is 1. The third-order valence-corrected chi connectivity index (χ3v) is 4.35. The third-order valence-electron chi connectivity index (χ3n) is 4.35. The van der Waals surface area contributed by atoms with E-state index in [-0.39, 0.29) is 5.91 Å². The lowest BCUT2D eigenvalue weighted by molar-refractivity contribution is 0.0694. The number of carbonyl (C=O) groups is 1. The Balaban J connectivity index is 1.56. The minimum atomic E-state index is 0.0934. The van der Waals surface area contributed by atoms with Crippen LogP contribution in [0, 0.1) is 0 Å². The van der Waals surface area contributed by atoms with Crippen molar-refractivity contribution in [1.29, 1.82) is 0 Å². The fraction of sp³-hybridized carbons (Fsp3) is 0.444. The molecule has 1 amide bonds. The second kappa shape index (κ2) is 7.42. The number of amides is 1. The molecule has 2 heterocycles. The molecule has 0 spiro atoms. The molecule has 1 atom stereocenters. The molecule has 0 radical (unpaired) electrons. The summed E-state index contributed by atoms with van der Waals surface area (Å²) in [5.41, 5.74) is 1.97. The first kappa shape index (κ1) is 15.7. The van der Waals surface area contributed by atoms with Crippen LogP contribution >= 0.6 is 0 Å². The molecule has 122 valence electrons. The molecule has 0 bridgehead atoms. The van der Waals surface area contributed by atoms with E-state index >= 15 is 0 Å². The van der Waals surface area contributed by atoms with Crippen molar-refractivity contribution in [2.75, 3.05) is 13.1 Å². The Morgan fingerprint density at radius 1 is 1.35 bits per heavy atom. The van der Waals surface area contributed by atoms with E-state index in [0.717, 1.165) is 39.0 Å². The summed E-state index contributed by atoms with van der Waals surface area (Å²) < 4.78 is 1.79. The van der Waals surface area contributed by atoms with Gasteiger partial charge in [-0.2, -0.15) is 5.10 Å². The van der Waals surface area contributed by atoms with Crippen molar-refractivity contribution in [1.82, 2.24) is 20.0 Å². The first-order chi connectivity index (χ1) is 11.3. The predicted molar refractivity (Wildman–Crippen MR) is 90.1 cm³/mol. The molecule has 1 N–H and O–H groups in total. The third kappa shape index (κ3) is 3.99. The van der Waals surface area contributed by atoms with Gasteiger partial charge in [0.25, 0.3) is 5.91 Å². The topological polar surface area (TPSA) is 50.2 Å². The summed E-state index contributed by atoms with van der Waals surface area (Å²) >= 11 is 0. The van der Waals surface area contributed by atoms with E-state index in [2.05, 4.69) is 34.7 Å². The smallest absolute Gasteiger partial charge is 0.257 e. The van der Waals surface area contributed by atoms with E-state index in [4.69, 9.17) is 0 Å². The molecule has 3 rings (SSSR count). The zero-order valence-electron chi connectivity index (χ0n) is 13.6. The highest BCUT2D eigenvalue weighted by Gasteiger charge is 2.24. The van der Waals surface area contributed by atoms with Gasteiger partial charge in [-0.25, -0.2) is 0 Å². The molecule has 5 heteroatoms. The van der Waals surface area contributed by atoms with Crippen LogP contribution in [0.2, 0.25) is 0 Å².